The van der Waals surface area contributed by atoms with Gasteiger partial charge < -0.3 is 15.2 Å². The molecule has 0 rings (SSSR count). The molecular formula is C24H41NO3. The maximum atomic E-state index is 11.3. The number of allylic oxidation sites excluding steroid dienone is 8. The number of amides is 1. The van der Waals surface area contributed by atoms with Crippen LogP contribution in [0.5, 0.6) is 0 Å². The van der Waals surface area contributed by atoms with Crippen molar-refractivity contribution in [3.8, 4) is 0 Å². The van der Waals surface area contributed by atoms with E-state index in [0.717, 1.165) is 38.5 Å². The molecule has 1 amide bonds. The highest BCUT2D eigenvalue weighted by molar-refractivity contribution is 5.67. The maximum absolute atomic E-state index is 11.3. The highest BCUT2D eigenvalue weighted by Crippen LogP contribution is 2.01. The number of ether oxygens (including phenoxy) is 1. The number of aliphatic hydroxyl groups is 1. The molecule has 4 nitrogen and oxygen atoms in total. The van der Waals surface area contributed by atoms with E-state index >= 15 is 0 Å². The standard InChI is InChI=1S/C24H41NO3/c1-3-4-5-6-7-8-9-10-11-12-13-14-15-16-17-18-19-20-21-28-24(27)25-23(2)22-26/h7-8,10-11,13-14,16-17,23,26H,3-6,9,12,15,18-22H2,1-2H3,(H,25,27)/b8-7-,11-10-,14-13-,17-16-/t23-/m1/s1. The van der Waals surface area contributed by atoms with Gasteiger partial charge in [0, 0.05) is 0 Å². The van der Waals surface area contributed by atoms with Crippen molar-refractivity contribution in [2.24, 2.45) is 0 Å². The van der Waals surface area contributed by atoms with Gasteiger partial charge in [-0.1, -0.05) is 68.4 Å². The molecule has 0 aromatic heterocycles. The molecule has 0 aliphatic heterocycles. The molecule has 0 fully saturated rings. The number of nitrogens with one attached hydrogen (secondary N) is 1. The lowest BCUT2D eigenvalue weighted by Crippen LogP contribution is -2.35. The van der Waals surface area contributed by atoms with E-state index in [1.807, 2.05) is 0 Å². The number of rotatable bonds is 17. The molecule has 0 saturated heterocycles. The number of hydrogen-bond acceptors (Lipinski definition) is 3. The average molecular weight is 392 g/mol. The number of carbonyl (C=O) groups excluding carboxylic acids is 1. The Morgan fingerprint density at radius 2 is 1.36 bits per heavy atom. The van der Waals surface area contributed by atoms with Crippen LogP contribution in [0.25, 0.3) is 0 Å². The number of unbranched alkanes of at least 4 members (excludes halogenated alkanes) is 5. The Morgan fingerprint density at radius 3 is 1.86 bits per heavy atom. The Bertz CT molecular complexity index is 466. The lowest BCUT2D eigenvalue weighted by atomic mass is 10.2. The van der Waals surface area contributed by atoms with Gasteiger partial charge in [-0.25, -0.2) is 4.79 Å². The van der Waals surface area contributed by atoms with E-state index in [4.69, 9.17) is 9.84 Å². The third-order valence-corrected chi connectivity index (χ3v) is 4.09. The van der Waals surface area contributed by atoms with Crippen molar-refractivity contribution in [3.63, 3.8) is 0 Å². The van der Waals surface area contributed by atoms with Crippen LogP contribution >= 0.6 is 0 Å². The van der Waals surface area contributed by atoms with Crippen molar-refractivity contribution in [3.05, 3.63) is 48.6 Å². The fourth-order valence-corrected chi connectivity index (χ4v) is 2.38. The van der Waals surface area contributed by atoms with E-state index in [1.165, 1.54) is 25.7 Å². The number of aliphatic hydroxyl groups excluding tert-OH is 1. The minimum Gasteiger partial charge on any atom is -0.450 e. The van der Waals surface area contributed by atoms with Gasteiger partial charge in [-0.15, -0.1) is 0 Å². The fourth-order valence-electron chi connectivity index (χ4n) is 2.38. The van der Waals surface area contributed by atoms with Gasteiger partial charge in [0.15, 0.2) is 0 Å². The van der Waals surface area contributed by atoms with Crippen molar-refractivity contribution < 1.29 is 14.6 Å². The monoisotopic (exact) mass is 391 g/mol. The Labute approximate surface area is 172 Å². The molecule has 0 aromatic rings. The largest absolute Gasteiger partial charge is 0.450 e. The molecule has 4 heteroatoms. The highest BCUT2D eigenvalue weighted by atomic mass is 16.5. The van der Waals surface area contributed by atoms with Crippen LogP contribution in [-0.4, -0.2) is 30.5 Å². The molecule has 0 aliphatic rings. The minimum absolute atomic E-state index is 0.0822. The van der Waals surface area contributed by atoms with Crippen LogP contribution in [0.3, 0.4) is 0 Å². The summed E-state index contributed by atoms with van der Waals surface area (Å²) >= 11 is 0. The molecule has 0 radical (unpaired) electrons. The van der Waals surface area contributed by atoms with E-state index in [1.54, 1.807) is 6.92 Å². The van der Waals surface area contributed by atoms with Crippen molar-refractivity contribution in [2.75, 3.05) is 13.2 Å². The van der Waals surface area contributed by atoms with Gasteiger partial charge >= 0.3 is 6.09 Å². The Morgan fingerprint density at radius 1 is 0.857 bits per heavy atom. The van der Waals surface area contributed by atoms with E-state index in [2.05, 4.69) is 60.8 Å². The van der Waals surface area contributed by atoms with Gasteiger partial charge in [0.05, 0.1) is 19.3 Å². The molecule has 0 aromatic carbocycles. The SMILES string of the molecule is CCCCC/C=C\C/C=C\C/C=C\C/C=C\CCCCOC(=O)N[C@H](C)CO. The average Bonchev–Trinajstić information content (AvgIpc) is 2.69. The first-order chi connectivity index (χ1) is 13.7. The van der Waals surface area contributed by atoms with Crippen LogP contribution in [0.4, 0.5) is 4.79 Å². The second-order valence-electron chi connectivity index (χ2n) is 6.95. The third-order valence-electron chi connectivity index (χ3n) is 4.09. The van der Waals surface area contributed by atoms with Gasteiger partial charge in [-0.05, 0) is 58.3 Å². The Hall–Kier alpha value is -1.81. The summed E-state index contributed by atoms with van der Waals surface area (Å²) in [6, 6.07) is -0.267. The molecular weight excluding hydrogens is 350 g/mol. The summed E-state index contributed by atoms with van der Waals surface area (Å²) in [7, 11) is 0. The van der Waals surface area contributed by atoms with Gasteiger partial charge in [0.2, 0.25) is 0 Å². The van der Waals surface area contributed by atoms with E-state index in [-0.39, 0.29) is 12.6 Å². The number of alkyl carbamates (subject to hydrolysis) is 1. The van der Waals surface area contributed by atoms with Gasteiger partial charge in [-0.3, -0.25) is 0 Å². The Kier molecular flexibility index (Phi) is 20.1. The molecule has 160 valence electrons. The minimum atomic E-state index is -0.459. The summed E-state index contributed by atoms with van der Waals surface area (Å²) in [6.07, 6.45) is 28.2. The summed E-state index contributed by atoms with van der Waals surface area (Å²) in [6.45, 7) is 4.29. The third kappa shape index (κ3) is 20.5. The summed E-state index contributed by atoms with van der Waals surface area (Å²) in [5, 5.41) is 11.4. The van der Waals surface area contributed by atoms with Crippen LogP contribution < -0.4 is 5.32 Å². The van der Waals surface area contributed by atoms with Crippen LogP contribution in [-0.2, 0) is 4.74 Å². The molecule has 0 spiro atoms. The molecule has 28 heavy (non-hydrogen) atoms. The molecule has 0 heterocycles. The lowest BCUT2D eigenvalue weighted by Gasteiger charge is -2.10. The first-order valence-electron chi connectivity index (χ1n) is 10.8. The topological polar surface area (TPSA) is 58.6 Å². The number of carbonyl (C=O) groups is 1. The van der Waals surface area contributed by atoms with Crippen molar-refractivity contribution in [1.82, 2.24) is 5.32 Å². The predicted molar refractivity (Wildman–Crippen MR) is 119 cm³/mol. The Balaban J connectivity index is 3.45. The van der Waals surface area contributed by atoms with Gasteiger partial charge in [0.1, 0.15) is 0 Å². The van der Waals surface area contributed by atoms with Crippen molar-refractivity contribution in [1.29, 1.82) is 0 Å². The summed E-state index contributed by atoms with van der Waals surface area (Å²) < 4.78 is 5.04. The zero-order valence-electron chi connectivity index (χ0n) is 17.9. The summed E-state index contributed by atoms with van der Waals surface area (Å²) in [5.41, 5.74) is 0. The maximum Gasteiger partial charge on any atom is 0.407 e. The zero-order chi connectivity index (χ0) is 20.7. The predicted octanol–water partition coefficient (Wildman–Crippen LogP) is 6.24. The van der Waals surface area contributed by atoms with Gasteiger partial charge in [0.25, 0.3) is 0 Å². The molecule has 0 unspecified atom stereocenters. The second-order valence-corrected chi connectivity index (χ2v) is 6.95. The van der Waals surface area contributed by atoms with Crippen LogP contribution in [0, 0.1) is 0 Å². The first kappa shape index (κ1) is 26.2. The molecule has 1 atom stereocenters. The second kappa shape index (κ2) is 21.5. The molecule has 2 N–H and O–H groups in total. The fraction of sp³-hybridized carbons (Fsp3) is 0.625. The van der Waals surface area contributed by atoms with E-state index in [9.17, 15) is 4.79 Å². The van der Waals surface area contributed by atoms with Crippen LogP contribution in [0.1, 0.15) is 78.1 Å². The first-order valence-corrected chi connectivity index (χ1v) is 10.8. The van der Waals surface area contributed by atoms with Crippen molar-refractivity contribution >= 4 is 6.09 Å². The molecule has 0 saturated carbocycles. The lowest BCUT2D eigenvalue weighted by molar-refractivity contribution is 0.135. The summed E-state index contributed by atoms with van der Waals surface area (Å²) in [4.78, 5) is 11.3. The van der Waals surface area contributed by atoms with Crippen molar-refractivity contribution in [2.45, 2.75) is 84.1 Å². The zero-order valence-corrected chi connectivity index (χ0v) is 17.9. The highest BCUT2D eigenvalue weighted by Gasteiger charge is 2.05. The normalized spacial score (nSPS) is 13.2. The van der Waals surface area contributed by atoms with Gasteiger partial charge in [-0.2, -0.15) is 0 Å². The quantitative estimate of drug-likeness (QED) is 0.228. The van der Waals surface area contributed by atoms with Crippen LogP contribution in [0.2, 0.25) is 0 Å². The van der Waals surface area contributed by atoms with Crippen LogP contribution in [0.15, 0.2) is 48.6 Å². The number of hydrogen-bond donors (Lipinski definition) is 2. The van der Waals surface area contributed by atoms with E-state index in [0.29, 0.717) is 6.61 Å². The van der Waals surface area contributed by atoms with E-state index < -0.39 is 6.09 Å². The smallest absolute Gasteiger partial charge is 0.407 e. The molecule has 0 aliphatic carbocycles. The summed E-state index contributed by atoms with van der Waals surface area (Å²) in [5.74, 6) is 0. The molecule has 0 bridgehead atoms.